The minimum absolute atomic E-state index is 0.0793. The molecule has 2 aliphatic heterocycles. The molecule has 1 saturated heterocycles. The maximum Gasteiger partial charge on any atom is 0.322 e. The first-order chi connectivity index (χ1) is 9.58. The normalized spacial score (nSPS) is 18.1. The summed E-state index contributed by atoms with van der Waals surface area (Å²) in [5, 5.41) is 2.89. The van der Waals surface area contributed by atoms with Crippen molar-refractivity contribution in [2.75, 3.05) is 18.4 Å². The van der Waals surface area contributed by atoms with Gasteiger partial charge in [0.2, 0.25) is 5.91 Å². The van der Waals surface area contributed by atoms with Crippen LogP contribution in [0.5, 0.6) is 0 Å². The van der Waals surface area contributed by atoms with Gasteiger partial charge in [-0.2, -0.15) is 0 Å². The van der Waals surface area contributed by atoms with E-state index in [1.807, 2.05) is 18.2 Å². The molecule has 6 heteroatoms. The molecule has 0 aliphatic carbocycles. The Morgan fingerprint density at radius 3 is 2.90 bits per heavy atom. The van der Waals surface area contributed by atoms with Crippen molar-refractivity contribution < 1.29 is 9.59 Å². The molecule has 0 aromatic heterocycles. The van der Waals surface area contributed by atoms with Crippen LogP contribution in [0, 0.1) is 0 Å². The van der Waals surface area contributed by atoms with Gasteiger partial charge >= 0.3 is 6.03 Å². The first-order valence-corrected chi connectivity index (χ1v) is 7.15. The molecule has 0 saturated carbocycles. The largest absolute Gasteiger partial charge is 0.335 e. The highest BCUT2D eigenvalue weighted by Crippen LogP contribution is 2.29. The standard InChI is InChI=1S/C14H14BrN3O2/c1-2-13(19)17-7-11(8-17)18-6-9-3-4-10(15)5-12(9)16-14(18)20/h2-5,11H,1,6-8H2,(H,16,20). The number of carbonyl (C=O) groups excluding carboxylic acids is 2. The average Bonchev–Trinajstić information content (AvgIpc) is 2.37. The number of amides is 3. The van der Waals surface area contributed by atoms with E-state index in [-0.39, 0.29) is 18.0 Å². The molecule has 0 unspecified atom stereocenters. The Balaban J connectivity index is 1.71. The van der Waals surface area contributed by atoms with E-state index >= 15 is 0 Å². The lowest BCUT2D eigenvalue weighted by molar-refractivity contribution is -0.132. The van der Waals surface area contributed by atoms with Crippen molar-refractivity contribution in [3.63, 3.8) is 0 Å². The number of likely N-dealkylation sites (tertiary alicyclic amines) is 1. The Labute approximate surface area is 125 Å². The number of nitrogens with one attached hydrogen (secondary N) is 1. The molecular formula is C14H14BrN3O2. The van der Waals surface area contributed by atoms with Gasteiger partial charge in [0.05, 0.1) is 6.04 Å². The number of carbonyl (C=O) groups is 2. The maximum atomic E-state index is 12.1. The highest BCUT2D eigenvalue weighted by molar-refractivity contribution is 9.10. The lowest BCUT2D eigenvalue weighted by Crippen LogP contribution is -2.63. The van der Waals surface area contributed by atoms with Gasteiger partial charge in [0, 0.05) is 29.8 Å². The molecule has 1 N–H and O–H groups in total. The van der Waals surface area contributed by atoms with Gasteiger partial charge < -0.3 is 15.1 Å². The predicted molar refractivity (Wildman–Crippen MR) is 79.3 cm³/mol. The van der Waals surface area contributed by atoms with Gasteiger partial charge in [-0.15, -0.1) is 0 Å². The molecule has 0 radical (unpaired) electrons. The molecule has 1 fully saturated rings. The third-order valence-corrected chi connectivity index (χ3v) is 4.20. The van der Waals surface area contributed by atoms with Crippen LogP contribution in [0.4, 0.5) is 10.5 Å². The average molecular weight is 336 g/mol. The summed E-state index contributed by atoms with van der Waals surface area (Å²) in [5.74, 6) is -0.0806. The molecule has 5 nitrogen and oxygen atoms in total. The van der Waals surface area contributed by atoms with Crippen LogP contribution in [0.3, 0.4) is 0 Å². The predicted octanol–water partition coefficient (Wildman–Crippen LogP) is 2.19. The van der Waals surface area contributed by atoms with Crippen LogP contribution in [0.25, 0.3) is 0 Å². The molecule has 3 rings (SSSR count). The Morgan fingerprint density at radius 2 is 2.20 bits per heavy atom. The van der Waals surface area contributed by atoms with Crippen molar-refractivity contribution in [3.05, 3.63) is 40.9 Å². The van der Waals surface area contributed by atoms with E-state index in [0.717, 1.165) is 15.7 Å². The monoisotopic (exact) mass is 335 g/mol. The molecule has 104 valence electrons. The molecule has 3 amide bonds. The summed E-state index contributed by atoms with van der Waals surface area (Å²) in [4.78, 5) is 27.0. The Kier molecular flexibility index (Phi) is 3.25. The van der Waals surface area contributed by atoms with Crippen molar-refractivity contribution >= 4 is 33.6 Å². The first-order valence-electron chi connectivity index (χ1n) is 6.36. The van der Waals surface area contributed by atoms with Crippen molar-refractivity contribution in [1.29, 1.82) is 0 Å². The number of rotatable bonds is 2. The van der Waals surface area contributed by atoms with Crippen molar-refractivity contribution in [1.82, 2.24) is 9.80 Å². The van der Waals surface area contributed by atoms with Gasteiger partial charge in [-0.25, -0.2) is 4.79 Å². The van der Waals surface area contributed by atoms with Gasteiger partial charge in [0.25, 0.3) is 0 Å². The molecule has 2 aliphatic rings. The quantitative estimate of drug-likeness (QED) is 0.842. The van der Waals surface area contributed by atoms with Crippen molar-refractivity contribution in [2.24, 2.45) is 0 Å². The SMILES string of the molecule is C=CC(=O)N1CC(N2Cc3ccc(Br)cc3NC2=O)C1. The van der Waals surface area contributed by atoms with E-state index in [0.29, 0.717) is 19.6 Å². The lowest BCUT2D eigenvalue weighted by atomic mass is 10.0. The zero-order valence-corrected chi connectivity index (χ0v) is 12.4. The van der Waals surface area contributed by atoms with Crippen LogP contribution in [0.2, 0.25) is 0 Å². The summed E-state index contributed by atoms with van der Waals surface area (Å²) >= 11 is 3.39. The third-order valence-electron chi connectivity index (χ3n) is 3.70. The molecule has 2 heterocycles. The topological polar surface area (TPSA) is 52.7 Å². The number of anilines is 1. The highest BCUT2D eigenvalue weighted by Gasteiger charge is 2.38. The van der Waals surface area contributed by atoms with Gasteiger partial charge in [-0.1, -0.05) is 28.6 Å². The number of nitrogens with zero attached hydrogens (tertiary/aromatic N) is 2. The summed E-state index contributed by atoms with van der Waals surface area (Å²) in [6, 6.07) is 5.83. The Bertz CT molecular complexity index is 596. The smallest absolute Gasteiger partial charge is 0.322 e. The minimum Gasteiger partial charge on any atom is -0.335 e. The number of hydrogen-bond donors (Lipinski definition) is 1. The molecule has 0 bridgehead atoms. The third kappa shape index (κ3) is 2.20. The van der Waals surface area contributed by atoms with Gasteiger partial charge in [-0.05, 0) is 23.8 Å². The highest BCUT2D eigenvalue weighted by atomic mass is 79.9. The number of fused-ring (bicyclic) bond motifs is 1. The minimum atomic E-state index is -0.105. The van der Waals surface area contributed by atoms with E-state index in [4.69, 9.17) is 0 Å². The Hall–Kier alpha value is -1.82. The molecular weight excluding hydrogens is 322 g/mol. The Morgan fingerprint density at radius 1 is 1.45 bits per heavy atom. The second-order valence-electron chi connectivity index (χ2n) is 4.96. The van der Waals surface area contributed by atoms with E-state index < -0.39 is 0 Å². The summed E-state index contributed by atoms with van der Waals surface area (Å²) in [7, 11) is 0. The zero-order valence-electron chi connectivity index (χ0n) is 10.8. The molecule has 0 atom stereocenters. The van der Waals surface area contributed by atoms with Crippen LogP contribution < -0.4 is 5.32 Å². The molecule has 20 heavy (non-hydrogen) atoms. The lowest BCUT2D eigenvalue weighted by Gasteiger charge is -2.46. The van der Waals surface area contributed by atoms with Gasteiger partial charge in [0.1, 0.15) is 0 Å². The van der Waals surface area contributed by atoms with Crippen molar-refractivity contribution in [2.45, 2.75) is 12.6 Å². The fourth-order valence-electron chi connectivity index (χ4n) is 2.50. The maximum absolute atomic E-state index is 12.1. The van der Waals surface area contributed by atoms with E-state index in [1.54, 1.807) is 9.80 Å². The second-order valence-corrected chi connectivity index (χ2v) is 5.88. The molecule has 1 aromatic rings. The van der Waals surface area contributed by atoms with Gasteiger partial charge in [0.15, 0.2) is 0 Å². The summed E-state index contributed by atoms with van der Waals surface area (Å²) in [5.41, 5.74) is 1.93. The summed E-state index contributed by atoms with van der Waals surface area (Å²) in [6.45, 7) is 5.19. The molecule has 1 aromatic carbocycles. The van der Waals surface area contributed by atoms with Crippen molar-refractivity contribution in [3.8, 4) is 0 Å². The van der Waals surface area contributed by atoms with E-state index in [9.17, 15) is 9.59 Å². The summed E-state index contributed by atoms with van der Waals surface area (Å²) in [6.07, 6.45) is 1.30. The number of benzene rings is 1. The molecule has 0 spiro atoms. The number of halogens is 1. The van der Waals surface area contributed by atoms with E-state index in [2.05, 4.69) is 27.8 Å². The summed E-state index contributed by atoms with van der Waals surface area (Å²) < 4.78 is 0.941. The van der Waals surface area contributed by atoms with Crippen LogP contribution in [0.1, 0.15) is 5.56 Å². The fraction of sp³-hybridized carbons (Fsp3) is 0.286. The fourth-order valence-corrected chi connectivity index (χ4v) is 2.86. The first kappa shape index (κ1) is 13.2. The van der Waals surface area contributed by atoms with Crippen LogP contribution in [-0.2, 0) is 11.3 Å². The van der Waals surface area contributed by atoms with Gasteiger partial charge in [-0.3, -0.25) is 4.79 Å². The van der Waals surface area contributed by atoms with E-state index in [1.165, 1.54) is 6.08 Å². The van der Waals surface area contributed by atoms with Crippen LogP contribution >= 0.6 is 15.9 Å². The second kappa shape index (κ2) is 4.94. The van der Waals surface area contributed by atoms with Crippen LogP contribution in [-0.4, -0.2) is 40.9 Å². The number of hydrogen-bond acceptors (Lipinski definition) is 2. The number of urea groups is 1. The zero-order chi connectivity index (χ0) is 14.3. The van der Waals surface area contributed by atoms with Crippen LogP contribution in [0.15, 0.2) is 35.3 Å².